The van der Waals surface area contributed by atoms with Crippen LogP contribution in [0.5, 0.6) is 11.5 Å². The molecule has 1 N–H and O–H groups in total. The average Bonchev–Trinajstić information content (AvgIpc) is 3.39. The van der Waals surface area contributed by atoms with E-state index in [0.29, 0.717) is 18.0 Å². The Labute approximate surface area is 194 Å². The zero-order valence-electron chi connectivity index (χ0n) is 19.1. The van der Waals surface area contributed by atoms with E-state index in [1.165, 1.54) is 38.8 Å². The third-order valence-electron chi connectivity index (χ3n) is 6.31. The molecule has 1 atom stereocenters. The summed E-state index contributed by atoms with van der Waals surface area (Å²) in [5.74, 6) is 2.55. The van der Waals surface area contributed by atoms with Crippen LogP contribution in [0.3, 0.4) is 0 Å². The van der Waals surface area contributed by atoms with Crippen molar-refractivity contribution in [3.63, 3.8) is 0 Å². The van der Waals surface area contributed by atoms with Gasteiger partial charge in [-0.05, 0) is 37.8 Å². The molecule has 1 aromatic carbocycles. The molecule has 1 amide bonds. The van der Waals surface area contributed by atoms with Gasteiger partial charge in [-0.15, -0.1) is 10.2 Å². The largest absolute Gasteiger partial charge is 0.493 e. The van der Waals surface area contributed by atoms with Crippen LogP contribution in [-0.2, 0) is 27.8 Å². The summed E-state index contributed by atoms with van der Waals surface area (Å²) in [6, 6.07) is 4.28. The zero-order chi connectivity index (χ0) is 23.4. The number of ether oxygens (including phenoxy) is 2. The van der Waals surface area contributed by atoms with Gasteiger partial charge in [-0.3, -0.25) is 4.79 Å². The van der Waals surface area contributed by atoms with Gasteiger partial charge in [-0.2, -0.15) is 0 Å². The standard InChI is InChI=1S/C22H31N5O5S/c1-31-18-10-9-16(15-19(18)32-2)33(29,30)23-12-11-21(28)26-14-6-7-17(26)22-25-24-20-8-4-3-5-13-27(20)22/h9-10,15,17,23H,3-8,11-14H2,1-2H3. The number of rotatable bonds is 8. The van der Waals surface area contributed by atoms with Crippen LogP contribution in [0, 0.1) is 0 Å². The molecule has 0 aliphatic carbocycles. The smallest absolute Gasteiger partial charge is 0.240 e. The predicted octanol–water partition coefficient (Wildman–Crippen LogP) is 2.05. The molecule has 11 heteroatoms. The van der Waals surface area contributed by atoms with Crippen molar-refractivity contribution in [2.45, 2.75) is 62.4 Å². The summed E-state index contributed by atoms with van der Waals surface area (Å²) in [5, 5.41) is 8.80. The Morgan fingerprint density at radius 2 is 1.91 bits per heavy atom. The number of hydrogen-bond acceptors (Lipinski definition) is 7. The van der Waals surface area contributed by atoms with E-state index in [2.05, 4.69) is 19.5 Å². The number of carbonyl (C=O) groups excluding carboxylic acids is 1. The molecule has 1 aromatic heterocycles. The van der Waals surface area contributed by atoms with E-state index in [0.717, 1.165) is 50.3 Å². The third kappa shape index (κ3) is 4.98. The van der Waals surface area contributed by atoms with Crippen molar-refractivity contribution in [2.75, 3.05) is 27.3 Å². The van der Waals surface area contributed by atoms with E-state index in [1.807, 2.05) is 4.90 Å². The second kappa shape index (κ2) is 10.1. The Kier molecular flexibility index (Phi) is 7.18. The maximum Gasteiger partial charge on any atom is 0.240 e. The first-order chi connectivity index (χ1) is 15.9. The van der Waals surface area contributed by atoms with Crippen molar-refractivity contribution in [2.24, 2.45) is 0 Å². The monoisotopic (exact) mass is 477 g/mol. The molecule has 1 unspecified atom stereocenters. The van der Waals surface area contributed by atoms with Gasteiger partial charge in [0.25, 0.3) is 0 Å². The number of sulfonamides is 1. The summed E-state index contributed by atoms with van der Waals surface area (Å²) >= 11 is 0. The molecular weight excluding hydrogens is 446 g/mol. The first-order valence-corrected chi connectivity index (χ1v) is 12.9. The number of methoxy groups -OCH3 is 2. The van der Waals surface area contributed by atoms with Crippen LogP contribution in [0.2, 0.25) is 0 Å². The number of amides is 1. The van der Waals surface area contributed by atoms with Crippen LogP contribution in [0.4, 0.5) is 0 Å². The molecule has 0 radical (unpaired) electrons. The highest BCUT2D eigenvalue weighted by molar-refractivity contribution is 7.89. The Hall–Kier alpha value is -2.66. The second-order valence-electron chi connectivity index (χ2n) is 8.35. The van der Waals surface area contributed by atoms with Crippen LogP contribution in [-0.4, -0.2) is 61.3 Å². The van der Waals surface area contributed by atoms with Crippen molar-refractivity contribution >= 4 is 15.9 Å². The van der Waals surface area contributed by atoms with E-state index in [1.54, 1.807) is 0 Å². The molecule has 180 valence electrons. The molecule has 0 spiro atoms. The minimum atomic E-state index is -3.79. The number of hydrogen-bond donors (Lipinski definition) is 1. The van der Waals surface area contributed by atoms with Gasteiger partial charge in [-0.1, -0.05) is 6.42 Å². The van der Waals surface area contributed by atoms with Gasteiger partial charge in [0.15, 0.2) is 17.3 Å². The molecule has 1 fully saturated rings. The number of nitrogens with one attached hydrogen (secondary N) is 1. The lowest BCUT2D eigenvalue weighted by atomic mass is 10.2. The Bertz CT molecular complexity index is 1100. The van der Waals surface area contributed by atoms with Crippen molar-refractivity contribution in [3.05, 3.63) is 29.8 Å². The van der Waals surface area contributed by atoms with Gasteiger partial charge < -0.3 is 18.9 Å². The molecule has 1 saturated heterocycles. The minimum Gasteiger partial charge on any atom is -0.493 e. The number of nitrogens with zero attached hydrogens (tertiary/aromatic N) is 4. The summed E-state index contributed by atoms with van der Waals surface area (Å²) in [4.78, 5) is 14.9. The molecule has 3 heterocycles. The molecule has 2 aliphatic heterocycles. The highest BCUT2D eigenvalue weighted by atomic mass is 32.2. The zero-order valence-corrected chi connectivity index (χ0v) is 19.9. The fraction of sp³-hybridized carbons (Fsp3) is 0.591. The van der Waals surface area contributed by atoms with Crippen LogP contribution in [0.15, 0.2) is 23.1 Å². The second-order valence-corrected chi connectivity index (χ2v) is 10.1. The van der Waals surface area contributed by atoms with Gasteiger partial charge in [0.2, 0.25) is 15.9 Å². The maximum atomic E-state index is 13.0. The van der Waals surface area contributed by atoms with Crippen LogP contribution >= 0.6 is 0 Å². The quantitative estimate of drug-likeness (QED) is 0.619. The lowest BCUT2D eigenvalue weighted by molar-refractivity contribution is -0.132. The van der Waals surface area contributed by atoms with Crippen molar-refractivity contribution < 1.29 is 22.7 Å². The molecule has 4 rings (SSSR count). The normalized spacial score (nSPS) is 18.6. The third-order valence-corrected chi connectivity index (χ3v) is 7.76. The summed E-state index contributed by atoms with van der Waals surface area (Å²) in [6.07, 6.45) is 6.13. The maximum absolute atomic E-state index is 13.0. The van der Waals surface area contributed by atoms with E-state index < -0.39 is 10.0 Å². The van der Waals surface area contributed by atoms with Crippen molar-refractivity contribution in [1.29, 1.82) is 0 Å². The number of likely N-dealkylation sites (tertiary alicyclic amines) is 1. The van der Waals surface area contributed by atoms with Gasteiger partial charge in [0.05, 0.1) is 25.2 Å². The Morgan fingerprint density at radius 1 is 1.09 bits per heavy atom. The molecule has 0 bridgehead atoms. The molecule has 2 aliphatic rings. The topological polar surface area (TPSA) is 116 Å². The first kappa shape index (κ1) is 23.5. The molecule has 33 heavy (non-hydrogen) atoms. The molecule has 2 aromatic rings. The molecule has 0 saturated carbocycles. The lowest BCUT2D eigenvalue weighted by Gasteiger charge is -2.25. The SMILES string of the molecule is COc1ccc(S(=O)(=O)NCCC(=O)N2CCCC2c2nnc3n2CCCCC3)cc1OC. The van der Waals surface area contributed by atoms with Crippen LogP contribution < -0.4 is 14.2 Å². The van der Waals surface area contributed by atoms with Crippen molar-refractivity contribution in [1.82, 2.24) is 24.4 Å². The Balaban J connectivity index is 1.39. The summed E-state index contributed by atoms with van der Waals surface area (Å²) in [6.45, 7) is 1.55. The fourth-order valence-corrected chi connectivity index (χ4v) is 5.64. The molecular formula is C22H31N5O5S. The number of aryl methyl sites for hydroxylation is 1. The number of carbonyl (C=O) groups is 1. The van der Waals surface area contributed by atoms with E-state index in [-0.39, 0.29) is 29.8 Å². The van der Waals surface area contributed by atoms with Crippen molar-refractivity contribution in [3.8, 4) is 11.5 Å². The summed E-state index contributed by atoms with van der Waals surface area (Å²) in [7, 11) is -0.863. The lowest BCUT2D eigenvalue weighted by Crippen LogP contribution is -2.35. The minimum absolute atomic E-state index is 0.0106. The first-order valence-electron chi connectivity index (χ1n) is 11.4. The van der Waals surface area contributed by atoms with E-state index in [4.69, 9.17) is 9.47 Å². The van der Waals surface area contributed by atoms with Gasteiger partial charge >= 0.3 is 0 Å². The summed E-state index contributed by atoms with van der Waals surface area (Å²) < 4.78 is 40.4. The predicted molar refractivity (Wildman–Crippen MR) is 121 cm³/mol. The van der Waals surface area contributed by atoms with Crippen LogP contribution in [0.25, 0.3) is 0 Å². The number of fused-ring (bicyclic) bond motifs is 1. The summed E-state index contributed by atoms with van der Waals surface area (Å²) in [5.41, 5.74) is 0. The highest BCUT2D eigenvalue weighted by Crippen LogP contribution is 2.33. The Morgan fingerprint density at radius 3 is 2.70 bits per heavy atom. The van der Waals surface area contributed by atoms with E-state index in [9.17, 15) is 13.2 Å². The van der Waals surface area contributed by atoms with E-state index >= 15 is 0 Å². The van der Waals surface area contributed by atoms with Gasteiger partial charge in [0, 0.05) is 38.5 Å². The molecule has 10 nitrogen and oxygen atoms in total. The number of benzene rings is 1. The number of aromatic nitrogens is 3. The fourth-order valence-electron chi connectivity index (χ4n) is 4.59. The van der Waals surface area contributed by atoms with Gasteiger partial charge in [0.1, 0.15) is 5.82 Å². The van der Waals surface area contributed by atoms with Gasteiger partial charge in [-0.25, -0.2) is 13.1 Å². The highest BCUT2D eigenvalue weighted by Gasteiger charge is 2.34. The average molecular weight is 478 g/mol. The van der Waals surface area contributed by atoms with Crippen LogP contribution in [0.1, 0.15) is 56.2 Å².